The molecule has 0 atom stereocenters. The van der Waals surface area contributed by atoms with Gasteiger partial charge in [0, 0.05) is 18.3 Å². The number of hydrogen-bond acceptors (Lipinski definition) is 3. The van der Waals surface area contributed by atoms with Gasteiger partial charge in [-0.2, -0.15) is 0 Å². The third-order valence-electron chi connectivity index (χ3n) is 1.78. The first-order valence-electron chi connectivity index (χ1n) is 5.08. The molecular formula is C10H13F3N4O. The number of halogens is 3. The van der Waals surface area contributed by atoms with E-state index in [0.29, 0.717) is 12.2 Å². The van der Waals surface area contributed by atoms with Crippen molar-refractivity contribution in [2.24, 2.45) is 10.8 Å². The summed E-state index contributed by atoms with van der Waals surface area (Å²) < 4.78 is 39.9. The van der Waals surface area contributed by atoms with Gasteiger partial charge in [-0.15, -0.1) is 13.2 Å². The monoisotopic (exact) mass is 262 g/mol. The van der Waals surface area contributed by atoms with Crippen LogP contribution in [0.4, 0.5) is 18.9 Å². The minimum atomic E-state index is -4.72. The first-order valence-corrected chi connectivity index (χ1v) is 5.08. The molecule has 0 aromatic heterocycles. The zero-order valence-electron chi connectivity index (χ0n) is 9.58. The summed E-state index contributed by atoms with van der Waals surface area (Å²) in [5.41, 5.74) is 2.67. The van der Waals surface area contributed by atoms with Gasteiger partial charge in [0.05, 0.1) is 0 Å². The lowest BCUT2D eigenvalue weighted by Gasteiger charge is -2.12. The number of hydrogen-bond donors (Lipinski definition) is 3. The quantitative estimate of drug-likeness (QED) is 0.336. The van der Waals surface area contributed by atoms with Crippen LogP contribution in [-0.4, -0.2) is 18.9 Å². The molecule has 0 bridgehead atoms. The lowest BCUT2D eigenvalue weighted by molar-refractivity contribution is -0.274. The maximum absolute atomic E-state index is 12.0. The van der Waals surface area contributed by atoms with Gasteiger partial charge in [0.15, 0.2) is 0 Å². The van der Waals surface area contributed by atoms with Crippen molar-refractivity contribution in [3.05, 3.63) is 24.3 Å². The van der Waals surface area contributed by atoms with Crippen LogP contribution < -0.4 is 21.3 Å². The van der Waals surface area contributed by atoms with E-state index >= 15 is 0 Å². The van der Waals surface area contributed by atoms with Gasteiger partial charge in [0.2, 0.25) is 5.96 Å². The fraction of sp³-hybridized carbons (Fsp3) is 0.300. The molecule has 0 saturated carbocycles. The summed E-state index contributed by atoms with van der Waals surface area (Å²) in [4.78, 5) is 3.95. The lowest BCUT2D eigenvalue weighted by Crippen LogP contribution is -2.36. The molecular weight excluding hydrogens is 249 g/mol. The highest BCUT2D eigenvalue weighted by Gasteiger charge is 2.31. The van der Waals surface area contributed by atoms with Crippen molar-refractivity contribution in [3.8, 4) is 5.75 Å². The van der Waals surface area contributed by atoms with Crippen molar-refractivity contribution in [1.82, 2.24) is 5.43 Å². The maximum Gasteiger partial charge on any atom is 0.573 e. The Labute approximate surface area is 102 Å². The van der Waals surface area contributed by atoms with E-state index < -0.39 is 6.36 Å². The van der Waals surface area contributed by atoms with Crippen LogP contribution in [0.5, 0.6) is 5.75 Å². The Bertz CT molecular complexity index is 420. The number of nitrogens with one attached hydrogen (secondary N) is 2. The van der Waals surface area contributed by atoms with Crippen molar-refractivity contribution in [3.63, 3.8) is 0 Å². The SMILES string of the molecule is CCN=C(NN)Nc1cccc(OC(F)(F)F)c1. The summed E-state index contributed by atoms with van der Waals surface area (Å²) in [7, 11) is 0. The van der Waals surface area contributed by atoms with Crippen LogP contribution in [0.3, 0.4) is 0 Å². The molecule has 0 spiro atoms. The number of hydrazine groups is 1. The molecule has 0 heterocycles. The van der Waals surface area contributed by atoms with Gasteiger partial charge in [-0.1, -0.05) is 6.07 Å². The largest absolute Gasteiger partial charge is 0.573 e. The predicted molar refractivity (Wildman–Crippen MR) is 62.0 cm³/mol. The van der Waals surface area contributed by atoms with Crippen LogP contribution in [0.2, 0.25) is 0 Å². The molecule has 0 aliphatic heterocycles. The van der Waals surface area contributed by atoms with Crippen LogP contribution in [0.1, 0.15) is 6.92 Å². The van der Waals surface area contributed by atoms with Crippen LogP contribution in [-0.2, 0) is 0 Å². The molecule has 4 N–H and O–H groups in total. The normalized spacial score (nSPS) is 12.2. The standard InChI is InChI=1S/C10H13F3N4O/c1-2-15-9(17-14)16-7-4-3-5-8(6-7)18-10(11,12)13/h3-6H,2,14H2,1H3,(H2,15,16,17). The second kappa shape index (κ2) is 6.10. The van der Waals surface area contributed by atoms with Crippen LogP contribution in [0.25, 0.3) is 0 Å². The Morgan fingerprint density at radius 1 is 1.44 bits per heavy atom. The number of nitrogens with zero attached hydrogens (tertiary/aromatic N) is 1. The topological polar surface area (TPSA) is 71.7 Å². The number of rotatable bonds is 3. The molecule has 100 valence electrons. The summed E-state index contributed by atoms with van der Waals surface area (Å²) in [5.74, 6) is 5.12. The molecule has 1 rings (SSSR count). The first kappa shape index (κ1) is 14.1. The minimum Gasteiger partial charge on any atom is -0.406 e. The number of nitrogens with two attached hydrogens (primary N) is 1. The van der Waals surface area contributed by atoms with Gasteiger partial charge in [0.1, 0.15) is 5.75 Å². The summed E-state index contributed by atoms with van der Waals surface area (Å²) in [5, 5.41) is 2.72. The Kier molecular flexibility index (Phi) is 4.78. The van der Waals surface area contributed by atoms with E-state index in [1.165, 1.54) is 18.2 Å². The summed E-state index contributed by atoms with van der Waals surface area (Å²) in [6.07, 6.45) is -4.72. The van der Waals surface area contributed by atoms with Gasteiger partial charge < -0.3 is 10.1 Å². The van der Waals surface area contributed by atoms with E-state index in [0.717, 1.165) is 0 Å². The molecule has 1 aromatic rings. The summed E-state index contributed by atoms with van der Waals surface area (Å²) >= 11 is 0. The zero-order valence-corrected chi connectivity index (χ0v) is 9.58. The summed E-state index contributed by atoms with van der Waals surface area (Å²) in [6.45, 7) is 2.27. The highest BCUT2D eigenvalue weighted by Crippen LogP contribution is 2.24. The van der Waals surface area contributed by atoms with E-state index in [-0.39, 0.29) is 11.7 Å². The molecule has 0 aliphatic rings. The van der Waals surface area contributed by atoms with Gasteiger partial charge in [0.25, 0.3) is 0 Å². The Morgan fingerprint density at radius 2 is 2.17 bits per heavy atom. The van der Waals surface area contributed by atoms with E-state index in [9.17, 15) is 13.2 Å². The predicted octanol–water partition coefficient (Wildman–Crippen LogP) is 1.84. The number of guanidine groups is 1. The molecule has 8 heteroatoms. The first-order chi connectivity index (χ1) is 8.44. The van der Waals surface area contributed by atoms with Crippen molar-refractivity contribution < 1.29 is 17.9 Å². The van der Waals surface area contributed by atoms with Crippen LogP contribution in [0.15, 0.2) is 29.3 Å². The number of ether oxygens (including phenoxy) is 1. The third-order valence-corrected chi connectivity index (χ3v) is 1.78. The van der Waals surface area contributed by atoms with Crippen LogP contribution in [0, 0.1) is 0 Å². The average Bonchev–Trinajstić information content (AvgIpc) is 2.26. The molecule has 0 amide bonds. The average molecular weight is 262 g/mol. The smallest absolute Gasteiger partial charge is 0.406 e. The number of aliphatic imine (C=N–C) groups is 1. The van der Waals surface area contributed by atoms with E-state index in [1.807, 2.05) is 0 Å². The number of anilines is 1. The molecule has 18 heavy (non-hydrogen) atoms. The molecule has 0 aliphatic carbocycles. The molecule has 0 unspecified atom stereocenters. The van der Waals surface area contributed by atoms with Gasteiger partial charge in [-0.05, 0) is 19.1 Å². The maximum atomic E-state index is 12.0. The van der Waals surface area contributed by atoms with Gasteiger partial charge in [-0.25, -0.2) is 5.84 Å². The second-order valence-electron chi connectivity index (χ2n) is 3.17. The molecule has 1 aromatic carbocycles. The second-order valence-corrected chi connectivity index (χ2v) is 3.17. The molecule has 0 saturated heterocycles. The molecule has 0 fully saturated rings. The Morgan fingerprint density at radius 3 is 2.72 bits per heavy atom. The fourth-order valence-corrected chi connectivity index (χ4v) is 1.19. The third kappa shape index (κ3) is 4.91. The van der Waals surface area contributed by atoms with Crippen LogP contribution >= 0.6 is 0 Å². The van der Waals surface area contributed by atoms with Crippen molar-refractivity contribution in [2.75, 3.05) is 11.9 Å². The van der Waals surface area contributed by atoms with Crippen molar-refractivity contribution in [2.45, 2.75) is 13.3 Å². The van der Waals surface area contributed by atoms with E-state index in [1.54, 1.807) is 13.0 Å². The lowest BCUT2D eigenvalue weighted by atomic mass is 10.3. The van der Waals surface area contributed by atoms with Crippen molar-refractivity contribution in [1.29, 1.82) is 0 Å². The molecule has 5 nitrogen and oxygen atoms in total. The number of benzene rings is 1. The minimum absolute atomic E-state index is 0.252. The summed E-state index contributed by atoms with van der Waals surface area (Å²) in [6, 6.07) is 5.37. The number of alkyl halides is 3. The molecule has 0 radical (unpaired) electrons. The van der Waals surface area contributed by atoms with E-state index in [4.69, 9.17) is 5.84 Å². The van der Waals surface area contributed by atoms with Gasteiger partial charge in [-0.3, -0.25) is 10.4 Å². The van der Waals surface area contributed by atoms with E-state index in [2.05, 4.69) is 20.5 Å². The zero-order chi connectivity index (χ0) is 13.6. The Hall–Kier alpha value is -1.96. The van der Waals surface area contributed by atoms with Gasteiger partial charge >= 0.3 is 6.36 Å². The van der Waals surface area contributed by atoms with Crippen molar-refractivity contribution >= 4 is 11.6 Å². The highest BCUT2D eigenvalue weighted by molar-refractivity contribution is 5.93. The fourth-order valence-electron chi connectivity index (χ4n) is 1.19. The Balaban J connectivity index is 2.79. The highest BCUT2D eigenvalue weighted by atomic mass is 19.4.